The van der Waals surface area contributed by atoms with E-state index < -0.39 is 0 Å². The summed E-state index contributed by atoms with van der Waals surface area (Å²) in [5.74, 6) is -0.334. The Kier molecular flexibility index (Phi) is 6.39. The first-order valence-electron chi connectivity index (χ1n) is 8.57. The number of benzene rings is 2. The zero-order chi connectivity index (χ0) is 19.9. The van der Waals surface area contributed by atoms with Crippen LogP contribution in [0.15, 0.2) is 77.8 Å². The van der Waals surface area contributed by atoms with Crippen LogP contribution < -0.4 is 10.6 Å². The van der Waals surface area contributed by atoms with Crippen LogP contribution in [0.2, 0.25) is 0 Å². The summed E-state index contributed by atoms with van der Waals surface area (Å²) < 4.78 is 12.9. The molecular weight excluding hydrogens is 377 g/mol. The predicted octanol–water partition coefficient (Wildman–Crippen LogP) is 4.59. The van der Waals surface area contributed by atoms with Gasteiger partial charge in [-0.2, -0.15) is 0 Å². The van der Waals surface area contributed by atoms with Gasteiger partial charge in [-0.1, -0.05) is 6.07 Å². The van der Waals surface area contributed by atoms with E-state index in [1.807, 2.05) is 19.1 Å². The second-order valence-corrected chi connectivity index (χ2v) is 7.36. The topological polar surface area (TPSA) is 71.1 Å². The lowest BCUT2D eigenvalue weighted by Gasteiger charge is -2.12. The Hall–Kier alpha value is -3.19. The lowest BCUT2D eigenvalue weighted by Crippen LogP contribution is -2.22. The van der Waals surface area contributed by atoms with Gasteiger partial charge in [-0.15, -0.1) is 11.8 Å². The number of carbonyl (C=O) groups excluding carboxylic acids is 2. The molecule has 2 amide bonds. The molecule has 0 aliphatic heterocycles. The molecule has 0 fully saturated rings. The molecule has 0 saturated carbocycles. The molecule has 0 aliphatic rings. The monoisotopic (exact) mass is 395 g/mol. The standard InChI is InChI=1S/C21H18FN3O2S/c1-14(20(26)25-19-4-2-3-13-23-19)28-18-11-9-17(10-12-18)24-21(27)15-5-7-16(22)8-6-15/h2-14H,1H3,(H,24,27)(H,23,25,26). The van der Waals surface area contributed by atoms with Gasteiger partial charge in [0.2, 0.25) is 5.91 Å². The van der Waals surface area contributed by atoms with Gasteiger partial charge < -0.3 is 10.6 Å². The van der Waals surface area contributed by atoms with E-state index in [1.54, 1.807) is 36.5 Å². The second kappa shape index (κ2) is 9.14. The van der Waals surface area contributed by atoms with Crippen molar-refractivity contribution in [1.82, 2.24) is 4.98 Å². The number of aromatic nitrogens is 1. The molecule has 2 N–H and O–H groups in total. The molecule has 1 heterocycles. The summed E-state index contributed by atoms with van der Waals surface area (Å²) in [7, 11) is 0. The van der Waals surface area contributed by atoms with Gasteiger partial charge in [0.25, 0.3) is 5.91 Å². The summed E-state index contributed by atoms with van der Waals surface area (Å²) in [5, 5.41) is 5.20. The number of nitrogens with zero attached hydrogens (tertiary/aromatic N) is 1. The smallest absolute Gasteiger partial charge is 0.255 e. The lowest BCUT2D eigenvalue weighted by atomic mass is 10.2. The molecule has 2 aromatic carbocycles. The number of hydrogen-bond acceptors (Lipinski definition) is 4. The zero-order valence-electron chi connectivity index (χ0n) is 15.1. The highest BCUT2D eigenvalue weighted by Gasteiger charge is 2.15. The van der Waals surface area contributed by atoms with Crippen LogP contribution in [-0.2, 0) is 4.79 Å². The Morgan fingerprint density at radius 3 is 2.32 bits per heavy atom. The summed E-state index contributed by atoms with van der Waals surface area (Å²) in [6.07, 6.45) is 1.62. The van der Waals surface area contributed by atoms with Gasteiger partial charge in [0.15, 0.2) is 0 Å². The van der Waals surface area contributed by atoms with E-state index in [-0.39, 0.29) is 22.9 Å². The number of nitrogens with one attached hydrogen (secondary N) is 2. The quantitative estimate of drug-likeness (QED) is 0.599. The molecule has 3 rings (SSSR count). The summed E-state index contributed by atoms with van der Waals surface area (Å²) in [6.45, 7) is 1.81. The van der Waals surface area contributed by atoms with Crippen molar-refractivity contribution in [1.29, 1.82) is 0 Å². The average molecular weight is 395 g/mol. The van der Waals surface area contributed by atoms with Crippen LogP contribution in [0.25, 0.3) is 0 Å². The SMILES string of the molecule is CC(Sc1ccc(NC(=O)c2ccc(F)cc2)cc1)C(=O)Nc1ccccn1. The Balaban J connectivity index is 1.55. The molecule has 142 valence electrons. The predicted molar refractivity (Wildman–Crippen MR) is 109 cm³/mol. The van der Waals surface area contributed by atoms with E-state index in [0.717, 1.165) is 4.90 Å². The van der Waals surface area contributed by atoms with E-state index in [2.05, 4.69) is 15.6 Å². The third kappa shape index (κ3) is 5.40. The molecule has 7 heteroatoms. The number of halogens is 1. The van der Waals surface area contributed by atoms with Crippen LogP contribution in [0.4, 0.5) is 15.9 Å². The molecule has 1 atom stereocenters. The van der Waals surface area contributed by atoms with Gasteiger partial charge in [-0.05, 0) is 67.6 Å². The van der Waals surface area contributed by atoms with Gasteiger partial charge in [0.1, 0.15) is 11.6 Å². The van der Waals surface area contributed by atoms with Crippen molar-refractivity contribution >= 4 is 35.1 Å². The van der Waals surface area contributed by atoms with Crippen LogP contribution in [0.5, 0.6) is 0 Å². The highest BCUT2D eigenvalue weighted by atomic mass is 32.2. The maximum Gasteiger partial charge on any atom is 0.255 e. The van der Waals surface area contributed by atoms with Crippen molar-refractivity contribution < 1.29 is 14.0 Å². The number of pyridine rings is 1. The Morgan fingerprint density at radius 2 is 1.68 bits per heavy atom. The summed E-state index contributed by atoms with van der Waals surface area (Å²) >= 11 is 1.40. The Labute approximate surface area is 166 Å². The van der Waals surface area contributed by atoms with Crippen LogP contribution in [-0.4, -0.2) is 22.0 Å². The van der Waals surface area contributed by atoms with Crippen LogP contribution in [0.3, 0.4) is 0 Å². The number of hydrogen-bond donors (Lipinski definition) is 2. The van der Waals surface area contributed by atoms with Crippen LogP contribution in [0, 0.1) is 5.82 Å². The van der Waals surface area contributed by atoms with Crippen molar-refractivity contribution in [3.63, 3.8) is 0 Å². The molecule has 0 bridgehead atoms. The van der Waals surface area contributed by atoms with E-state index in [1.165, 1.54) is 36.0 Å². The number of rotatable bonds is 6. The number of amides is 2. The second-order valence-electron chi connectivity index (χ2n) is 5.95. The first-order chi connectivity index (χ1) is 13.5. The molecule has 0 aliphatic carbocycles. The number of anilines is 2. The van der Waals surface area contributed by atoms with Crippen molar-refractivity contribution in [3.05, 3.63) is 84.3 Å². The largest absolute Gasteiger partial charge is 0.322 e. The highest BCUT2D eigenvalue weighted by molar-refractivity contribution is 8.00. The van der Waals surface area contributed by atoms with Crippen LogP contribution in [0.1, 0.15) is 17.3 Å². The molecule has 1 unspecified atom stereocenters. The van der Waals surface area contributed by atoms with E-state index in [9.17, 15) is 14.0 Å². The molecule has 0 spiro atoms. The minimum absolute atomic E-state index is 0.141. The van der Waals surface area contributed by atoms with Gasteiger partial charge in [-0.3, -0.25) is 9.59 Å². The van der Waals surface area contributed by atoms with Gasteiger partial charge in [-0.25, -0.2) is 9.37 Å². The molecule has 1 aromatic heterocycles. The minimum Gasteiger partial charge on any atom is -0.322 e. The molecular formula is C21H18FN3O2S. The maximum atomic E-state index is 12.9. The van der Waals surface area contributed by atoms with E-state index >= 15 is 0 Å². The van der Waals surface area contributed by atoms with E-state index in [0.29, 0.717) is 17.1 Å². The molecule has 5 nitrogen and oxygen atoms in total. The summed E-state index contributed by atoms with van der Waals surface area (Å²) in [4.78, 5) is 29.4. The fourth-order valence-electron chi connectivity index (χ4n) is 2.34. The first-order valence-corrected chi connectivity index (χ1v) is 9.45. The first kappa shape index (κ1) is 19.6. The van der Waals surface area contributed by atoms with Crippen molar-refractivity contribution in [2.75, 3.05) is 10.6 Å². The molecule has 0 radical (unpaired) electrons. The molecule has 28 heavy (non-hydrogen) atoms. The number of thioether (sulfide) groups is 1. The average Bonchev–Trinajstić information content (AvgIpc) is 2.70. The maximum absolute atomic E-state index is 12.9. The summed E-state index contributed by atoms with van der Waals surface area (Å²) in [6, 6.07) is 17.8. The highest BCUT2D eigenvalue weighted by Crippen LogP contribution is 2.25. The molecule has 0 saturated heterocycles. The van der Waals surface area contributed by atoms with Crippen LogP contribution >= 0.6 is 11.8 Å². The van der Waals surface area contributed by atoms with Crippen molar-refractivity contribution in [3.8, 4) is 0 Å². The van der Waals surface area contributed by atoms with E-state index in [4.69, 9.17) is 0 Å². The third-order valence-electron chi connectivity index (χ3n) is 3.82. The van der Waals surface area contributed by atoms with Crippen molar-refractivity contribution in [2.24, 2.45) is 0 Å². The van der Waals surface area contributed by atoms with Gasteiger partial charge >= 0.3 is 0 Å². The normalized spacial score (nSPS) is 11.5. The zero-order valence-corrected chi connectivity index (χ0v) is 15.9. The van der Waals surface area contributed by atoms with Gasteiger partial charge in [0.05, 0.1) is 5.25 Å². The lowest BCUT2D eigenvalue weighted by molar-refractivity contribution is -0.115. The number of carbonyl (C=O) groups is 2. The summed E-state index contributed by atoms with van der Waals surface area (Å²) in [5.41, 5.74) is 0.990. The minimum atomic E-state index is -0.390. The fourth-order valence-corrected chi connectivity index (χ4v) is 3.21. The Morgan fingerprint density at radius 1 is 0.964 bits per heavy atom. The molecule has 3 aromatic rings. The Bertz CT molecular complexity index is 948. The van der Waals surface area contributed by atoms with Crippen molar-refractivity contribution in [2.45, 2.75) is 17.1 Å². The fraction of sp³-hybridized carbons (Fsp3) is 0.0952. The third-order valence-corrected chi connectivity index (χ3v) is 4.93. The van der Waals surface area contributed by atoms with Gasteiger partial charge in [0, 0.05) is 22.3 Å².